The van der Waals surface area contributed by atoms with Crippen LogP contribution in [0, 0.1) is 5.92 Å². The van der Waals surface area contributed by atoms with Crippen molar-refractivity contribution >= 4 is 11.9 Å². The topological polar surface area (TPSA) is 46.6 Å². The quantitative estimate of drug-likeness (QED) is 0.724. The molecule has 1 amide bonds. The number of likely N-dealkylation sites (tertiary alicyclic amines) is 1. The van der Waals surface area contributed by atoms with Gasteiger partial charge < -0.3 is 9.64 Å². The van der Waals surface area contributed by atoms with E-state index >= 15 is 0 Å². The van der Waals surface area contributed by atoms with Crippen LogP contribution in [0.25, 0.3) is 0 Å². The molecule has 0 aromatic carbocycles. The van der Waals surface area contributed by atoms with Crippen molar-refractivity contribution in [2.45, 2.75) is 60.0 Å². The SMILES string of the molecule is CC.CC(=O)C1CCCN(C(=O)OC(C)(C)C)C1. The molecule has 0 aliphatic carbocycles. The zero-order valence-corrected chi connectivity index (χ0v) is 12.6. The minimum atomic E-state index is -0.472. The van der Waals surface area contributed by atoms with Crippen LogP contribution in [0.2, 0.25) is 0 Å². The van der Waals surface area contributed by atoms with E-state index in [1.165, 1.54) is 0 Å². The standard InChI is InChI=1S/C12H21NO3.C2H6/c1-9(14)10-6-5-7-13(8-10)11(15)16-12(2,3)4;1-2/h10H,5-8H2,1-4H3;1-2H3. The van der Waals surface area contributed by atoms with Gasteiger partial charge in [-0.3, -0.25) is 4.79 Å². The number of amides is 1. The Balaban J connectivity index is 0.00000137. The maximum absolute atomic E-state index is 11.8. The number of nitrogens with zero attached hydrogens (tertiary/aromatic N) is 1. The van der Waals surface area contributed by atoms with E-state index in [0.29, 0.717) is 13.1 Å². The zero-order valence-electron chi connectivity index (χ0n) is 12.6. The van der Waals surface area contributed by atoms with E-state index in [1.807, 2.05) is 34.6 Å². The molecule has 1 heterocycles. The van der Waals surface area contributed by atoms with E-state index in [9.17, 15) is 9.59 Å². The third-order valence-electron chi connectivity index (χ3n) is 2.65. The molecule has 1 unspecified atom stereocenters. The largest absolute Gasteiger partial charge is 0.444 e. The minimum absolute atomic E-state index is 0.0127. The van der Waals surface area contributed by atoms with E-state index in [-0.39, 0.29) is 17.8 Å². The number of ketones is 1. The van der Waals surface area contributed by atoms with E-state index in [0.717, 1.165) is 12.8 Å². The monoisotopic (exact) mass is 257 g/mol. The van der Waals surface area contributed by atoms with Gasteiger partial charge in [-0.05, 0) is 40.5 Å². The first-order valence-electron chi connectivity index (χ1n) is 6.78. The average Bonchev–Trinajstić information content (AvgIpc) is 2.29. The molecule has 4 heteroatoms. The Morgan fingerprint density at radius 3 is 2.22 bits per heavy atom. The predicted molar refractivity (Wildman–Crippen MR) is 72.6 cm³/mol. The van der Waals surface area contributed by atoms with E-state index in [2.05, 4.69) is 0 Å². The maximum atomic E-state index is 11.8. The molecule has 106 valence electrons. The summed E-state index contributed by atoms with van der Waals surface area (Å²) < 4.78 is 5.28. The highest BCUT2D eigenvalue weighted by atomic mass is 16.6. The van der Waals surface area contributed by atoms with Crippen molar-refractivity contribution in [3.8, 4) is 0 Å². The molecule has 1 aliphatic rings. The second kappa shape index (κ2) is 7.39. The summed E-state index contributed by atoms with van der Waals surface area (Å²) in [7, 11) is 0. The van der Waals surface area contributed by atoms with Crippen LogP contribution in [0.3, 0.4) is 0 Å². The van der Waals surface area contributed by atoms with Gasteiger partial charge in [0, 0.05) is 19.0 Å². The molecular formula is C14H27NO3. The molecule has 0 spiro atoms. The van der Waals surface area contributed by atoms with Crippen molar-refractivity contribution in [1.82, 2.24) is 4.90 Å². The van der Waals surface area contributed by atoms with Crippen LogP contribution in [0.5, 0.6) is 0 Å². The van der Waals surface area contributed by atoms with Crippen LogP contribution in [0.1, 0.15) is 54.4 Å². The van der Waals surface area contributed by atoms with Crippen molar-refractivity contribution in [3.05, 3.63) is 0 Å². The summed E-state index contributed by atoms with van der Waals surface area (Å²) in [4.78, 5) is 24.7. The van der Waals surface area contributed by atoms with Gasteiger partial charge in [-0.25, -0.2) is 4.79 Å². The van der Waals surface area contributed by atoms with Crippen LogP contribution in [-0.2, 0) is 9.53 Å². The highest BCUT2D eigenvalue weighted by Crippen LogP contribution is 2.19. The van der Waals surface area contributed by atoms with Gasteiger partial charge in [0.15, 0.2) is 0 Å². The van der Waals surface area contributed by atoms with Crippen molar-refractivity contribution in [2.24, 2.45) is 5.92 Å². The second-order valence-electron chi connectivity index (χ2n) is 5.38. The molecule has 0 aromatic rings. The third kappa shape index (κ3) is 6.03. The third-order valence-corrected chi connectivity index (χ3v) is 2.65. The van der Waals surface area contributed by atoms with Crippen LogP contribution >= 0.6 is 0 Å². The summed E-state index contributed by atoms with van der Waals surface area (Å²) in [6.07, 6.45) is 1.46. The zero-order chi connectivity index (χ0) is 14.3. The minimum Gasteiger partial charge on any atom is -0.444 e. The second-order valence-corrected chi connectivity index (χ2v) is 5.38. The van der Waals surface area contributed by atoms with Gasteiger partial charge in [0.2, 0.25) is 0 Å². The number of piperidine rings is 1. The lowest BCUT2D eigenvalue weighted by molar-refractivity contribution is -0.122. The van der Waals surface area contributed by atoms with E-state index in [1.54, 1.807) is 11.8 Å². The molecule has 0 N–H and O–H groups in total. The van der Waals surface area contributed by atoms with Gasteiger partial charge in [0.1, 0.15) is 11.4 Å². The van der Waals surface area contributed by atoms with Gasteiger partial charge >= 0.3 is 6.09 Å². The Labute approximate surface area is 111 Å². The number of hydrogen-bond donors (Lipinski definition) is 0. The Morgan fingerprint density at radius 1 is 1.22 bits per heavy atom. The number of carbonyl (C=O) groups is 2. The summed E-state index contributed by atoms with van der Waals surface area (Å²) in [6.45, 7) is 12.3. The summed E-state index contributed by atoms with van der Waals surface area (Å²) >= 11 is 0. The lowest BCUT2D eigenvalue weighted by Gasteiger charge is -2.33. The highest BCUT2D eigenvalue weighted by molar-refractivity contribution is 5.79. The molecular weight excluding hydrogens is 230 g/mol. The fourth-order valence-corrected chi connectivity index (χ4v) is 1.80. The fourth-order valence-electron chi connectivity index (χ4n) is 1.80. The maximum Gasteiger partial charge on any atom is 0.410 e. The molecule has 0 aromatic heterocycles. The van der Waals surface area contributed by atoms with E-state index in [4.69, 9.17) is 4.74 Å². The molecule has 1 atom stereocenters. The van der Waals surface area contributed by atoms with Crippen LogP contribution in [-0.4, -0.2) is 35.5 Å². The molecule has 18 heavy (non-hydrogen) atoms. The van der Waals surface area contributed by atoms with E-state index < -0.39 is 5.60 Å². The number of carbonyl (C=O) groups excluding carboxylic acids is 2. The first-order valence-corrected chi connectivity index (χ1v) is 6.78. The fraction of sp³-hybridized carbons (Fsp3) is 0.857. The van der Waals surface area contributed by atoms with Gasteiger partial charge in [-0.15, -0.1) is 0 Å². The summed E-state index contributed by atoms with van der Waals surface area (Å²) in [5, 5.41) is 0. The van der Waals surface area contributed by atoms with Crippen molar-refractivity contribution in [3.63, 3.8) is 0 Å². The lowest BCUT2D eigenvalue weighted by atomic mass is 9.95. The van der Waals surface area contributed by atoms with Gasteiger partial charge in [-0.2, -0.15) is 0 Å². The normalized spacial score (nSPS) is 19.7. The Morgan fingerprint density at radius 2 is 1.78 bits per heavy atom. The Hall–Kier alpha value is -1.06. The highest BCUT2D eigenvalue weighted by Gasteiger charge is 2.29. The predicted octanol–water partition coefficient (Wildman–Crippen LogP) is 3.25. The number of Topliss-reactive ketones (excluding diaryl/α,β-unsaturated/α-hetero) is 1. The van der Waals surface area contributed by atoms with Gasteiger partial charge in [0.05, 0.1) is 0 Å². The van der Waals surface area contributed by atoms with Gasteiger partial charge in [0.25, 0.3) is 0 Å². The lowest BCUT2D eigenvalue weighted by Crippen LogP contribution is -2.44. The molecule has 0 radical (unpaired) electrons. The molecule has 1 rings (SSSR count). The van der Waals surface area contributed by atoms with Crippen LogP contribution in [0.4, 0.5) is 4.79 Å². The van der Waals surface area contributed by atoms with Crippen molar-refractivity contribution in [1.29, 1.82) is 0 Å². The Bertz CT molecular complexity index is 281. The summed E-state index contributed by atoms with van der Waals surface area (Å²) in [5.41, 5.74) is -0.472. The van der Waals surface area contributed by atoms with Crippen molar-refractivity contribution in [2.75, 3.05) is 13.1 Å². The molecule has 1 saturated heterocycles. The summed E-state index contributed by atoms with van der Waals surface area (Å²) in [6, 6.07) is 0. The first kappa shape index (κ1) is 16.9. The molecule has 1 aliphatic heterocycles. The molecule has 0 saturated carbocycles. The van der Waals surface area contributed by atoms with Crippen molar-refractivity contribution < 1.29 is 14.3 Å². The van der Waals surface area contributed by atoms with Crippen LogP contribution < -0.4 is 0 Å². The average molecular weight is 257 g/mol. The number of ether oxygens (including phenoxy) is 1. The molecule has 1 fully saturated rings. The Kier molecular flexibility index (Phi) is 6.96. The molecule has 4 nitrogen and oxygen atoms in total. The first-order chi connectivity index (χ1) is 8.29. The number of hydrogen-bond acceptors (Lipinski definition) is 3. The summed E-state index contributed by atoms with van der Waals surface area (Å²) in [5.74, 6) is 0.148. The smallest absolute Gasteiger partial charge is 0.410 e. The number of rotatable bonds is 1. The molecule has 0 bridgehead atoms. The van der Waals surface area contributed by atoms with Gasteiger partial charge in [-0.1, -0.05) is 13.8 Å². The van der Waals surface area contributed by atoms with Crippen LogP contribution in [0.15, 0.2) is 0 Å².